The molecule has 1 atom stereocenters. The monoisotopic (exact) mass is 664 g/mol. The van der Waals surface area contributed by atoms with E-state index < -0.39 is 11.9 Å². The van der Waals surface area contributed by atoms with E-state index in [-0.39, 0.29) is 11.9 Å². The van der Waals surface area contributed by atoms with Gasteiger partial charge in [-0.3, -0.25) is 4.79 Å². The maximum atomic E-state index is 12.7. The Bertz CT molecular complexity index is 1660. The average Bonchev–Trinajstić information content (AvgIpc) is 3.13. The molecule has 0 aliphatic heterocycles. The highest BCUT2D eigenvalue weighted by Crippen LogP contribution is 2.27. The maximum absolute atomic E-state index is 12.7. The Morgan fingerprint density at radius 1 is 0.612 bits per heavy atom. The Balaban J connectivity index is 1.19. The van der Waals surface area contributed by atoms with Gasteiger partial charge in [-0.05, 0) is 109 Å². The molecule has 256 valence electrons. The summed E-state index contributed by atoms with van der Waals surface area (Å²) in [5.74, 6) is -0.139. The molecule has 49 heavy (non-hydrogen) atoms. The highest BCUT2D eigenvalue weighted by atomic mass is 16.5. The Morgan fingerprint density at radius 3 is 1.61 bits per heavy atom. The summed E-state index contributed by atoms with van der Waals surface area (Å²) in [7, 11) is 0. The molecule has 4 aromatic rings. The summed E-state index contributed by atoms with van der Waals surface area (Å²) >= 11 is 0. The molecule has 0 amide bonds. The third-order valence-corrected chi connectivity index (χ3v) is 8.13. The first-order chi connectivity index (χ1) is 23.8. The fourth-order valence-electron chi connectivity index (χ4n) is 4.83. The molecular weight excluding hydrogens is 620 g/mol. The predicted molar refractivity (Wildman–Crippen MR) is 188 cm³/mol. The summed E-state index contributed by atoms with van der Waals surface area (Å²) in [4.78, 5) is 37.1. The maximum Gasteiger partial charge on any atom is 0.343 e. The lowest BCUT2D eigenvalue weighted by Crippen LogP contribution is -2.15. The fourth-order valence-corrected chi connectivity index (χ4v) is 4.83. The van der Waals surface area contributed by atoms with Gasteiger partial charge in [-0.1, -0.05) is 52.0 Å². The number of carbonyl (C=O) groups is 3. The zero-order chi connectivity index (χ0) is 35.0. The van der Waals surface area contributed by atoms with E-state index in [0.717, 1.165) is 30.5 Å². The van der Waals surface area contributed by atoms with E-state index in [0.29, 0.717) is 60.5 Å². The van der Waals surface area contributed by atoms with E-state index in [1.54, 1.807) is 48.5 Å². The second-order valence-corrected chi connectivity index (χ2v) is 11.7. The number of carbonyl (C=O) groups excluding carboxylic acids is 3. The highest BCUT2D eigenvalue weighted by molar-refractivity contribution is 5.92. The number of esters is 3. The van der Waals surface area contributed by atoms with Crippen LogP contribution < -0.4 is 9.47 Å². The number of rotatable bonds is 17. The third kappa shape index (κ3) is 11.5. The summed E-state index contributed by atoms with van der Waals surface area (Å²) in [5, 5.41) is 8.60. The molecule has 4 rings (SSSR count). The molecule has 0 aliphatic rings. The molecule has 0 aliphatic carbocycles. The van der Waals surface area contributed by atoms with Gasteiger partial charge >= 0.3 is 17.9 Å². The Kier molecular flexibility index (Phi) is 14.2. The van der Waals surface area contributed by atoms with Gasteiger partial charge in [0.05, 0.1) is 48.2 Å². The van der Waals surface area contributed by atoms with Gasteiger partial charge in [0.25, 0.3) is 0 Å². The van der Waals surface area contributed by atoms with E-state index in [1.807, 2.05) is 26.0 Å². The van der Waals surface area contributed by atoms with Gasteiger partial charge < -0.3 is 18.9 Å². The molecule has 0 spiro atoms. The molecule has 0 saturated carbocycles. The van der Waals surface area contributed by atoms with Crippen LogP contribution in [0, 0.1) is 5.92 Å². The molecular formula is C40H44N2O7. The van der Waals surface area contributed by atoms with Gasteiger partial charge in [0, 0.05) is 6.42 Å². The van der Waals surface area contributed by atoms with Crippen molar-refractivity contribution in [2.24, 2.45) is 16.1 Å². The first kappa shape index (κ1) is 36.7. The lowest BCUT2D eigenvalue weighted by molar-refractivity contribution is -0.148. The van der Waals surface area contributed by atoms with Crippen LogP contribution in [0.5, 0.6) is 11.5 Å². The van der Waals surface area contributed by atoms with Crippen LogP contribution in [-0.4, -0.2) is 31.1 Å². The number of nitrogens with zero attached hydrogens (tertiary/aromatic N) is 2. The Labute approximate surface area is 288 Å². The van der Waals surface area contributed by atoms with Crippen molar-refractivity contribution in [1.29, 1.82) is 0 Å². The van der Waals surface area contributed by atoms with Crippen LogP contribution >= 0.6 is 0 Å². The zero-order valence-electron chi connectivity index (χ0n) is 28.6. The first-order valence-electron chi connectivity index (χ1n) is 16.8. The second kappa shape index (κ2) is 19.0. The topological polar surface area (TPSA) is 113 Å². The number of azo groups is 1. The van der Waals surface area contributed by atoms with E-state index >= 15 is 0 Å². The molecule has 0 aromatic heterocycles. The molecule has 0 radical (unpaired) electrons. The Hall–Kier alpha value is -5.15. The number of benzene rings is 4. The van der Waals surface area contributed by atoms with E-state index in [2.05, 4.69) is 36.2 Å². The van der Waals surface area contributed by atoms with Crippen LogP contribution in [-0.2, 0) is 20.9 Å². The lowest BCUT2D eigenvalue weighted by Gasteiger charge is -2.12. The normalized spacial score (nSPS) is 11.8. The van der Waals surface area contributed by atoms with Crippen LogP contribution in [0.4, 0.5) is 11.4 Å². The summed E-state index contributed by atoms with van der Waals surface area (Å²) in [6.45, 7) is 9.34. The van der Waals surface area contributed by atoms with Crippen molar-refractivity contribution in [3.05, 3.63) is 119 Å². The van der Waals surface area contributed by atoms with Crippen molar-refractivity contribution in [2.75, 3.05) is 13.2 Å². The molecule has 9 nitrogen and oxygen atoms in total. The summed E-state index contributed by atoms with van der Waals surface area (Å²) in [6, 6.07) is 28.0. The van der Waals surface area contributed by atoms with Gasteiger partial charge in [0.15, 0.2) is 0 Å². The minimum Gasteiger partial charge on any atom is -0.465 e. The molecule has 4 aromatic carbocycles. The van der Waals surface area contributed by atoms with Gasteiger partial charge in [-0.2, -0.15) is 10.2 Å². The second-order valence-electron chi connectivity index (χ2n) is 11.7. The van der Waals surface area contributed by atoms with Crippen molar-refractivity contribution in [2.45, 2.75) is 65.9 Å². The Morgan fingerprint density at radius 2 is 1.10 bits per heavy atom. The zero-order valence-corrected chi connectivity index (χ0v) is 28.6. The van der Waals surface area contributed by atoms with E-state index in [4.69, 9.17) is 18.9 Å². The van der Waals surface area contributed by atoms with Crippen molar-refractivity contribution in [1.82, 2.24) is 0 Å². The summed E-state index contributed by atoms with van der Waals surface area (Å²) in [6.07, 6.45) is 3.57. The molecule has 0 fully saturated rings. The number of hydrogen-bond donors (Lipinski definition) is 0. The van der Waals surface area contributed by atoms with Crippen molar-refractivity contribution >= 4 is 29.3 Å². The number of hydrogen-bond acceptors (Lipinski definition) is 9. The van der Waals surface area contributed by atoms with E-state index in [9.17, 15) is 14.4 Å². The molecule has 0 heterocycles. The first-order valence-corrected chi connectivity index (χ1v) is 16.8. The molecule has 0 bridgehead atoms. The molecule has 1 unspecified atom stereocenters. The smallest absolute Gasteiger partial charge is 0.343 e. The highest BCUT2D eigenvalue weighted by Gasteiger charge is 2.13. The SMILES string of the molecule is CCC(C)C(=O)OCCCOCc1ccc(C(=O)Oc2ccc(C(=O)Oc3ccc(N=Nc4ccc(C(CC)CC)cc4)cc3)cc2)cc1. The molecule has 0 N–H and O–H groups in total. The van der Waals surface area contributed by atoms with Gasteiger partial charge in [0.1, 0.15) is 11.5 Å². The van der Waals surface area contributed by atoms with Crippen molar-refractivity contribution in [3.8, 4) is 11.5 Å². The van der Waals surface area contributed by atoms with Crippen LogP contribution in [0.1, 0.15) is 91.1 Å². The molecule has 9 heteroatoms. The standard InChI is InChI=1S/C40H44N2O7/c1-5-28(4)38(43)47-26-8-25-46-27-29-9-11-32(12-10-29)39(44)48-36-21-15-33(16-22-36)40(45)49-37-23-19-35(20-24-37)42-41-34-17-13-31(14-18-34)30(6-2)7-3/h9-24,28,30H,5-8,25-27H2,1-4H3. The van der Waals surface area contributed by atoms with Gasteiger partial charge in [-0.25, -0.2) is 9.59 Å². The van der Waals surface area contributed by atoms with Crippen LogP contribution in [0.2, 0.25) is 0 Å². The average molecular weight is 665 g/mol. The van der Waals surface area contributed by atoms with Crippen molar-refractivity contribution in [3.63, 3.8) is 0 Å². The van der Waals surface area contributed by atoms with Crippen molar-refractivity contribution < 1.29 is 33.3 Å². The minimum absolute atomic E-state index is 0.0943. The lowest BCUT2D eigenvalue weighted by atomic mass is 9.94. The van der Waals surface area contributed by atoms with E-state index in [1.165, 1.54) is 29.8 Å². The van der Waals surface area contributed by atoms with Gasteiger partial charge in [-0.15, -0.1) is 0 Å². The predicted octanol–water partition coefficient (Wildman–Crippen LogP) is 9.94. The number of ether oxygens (including phenoxy) is 4. The summed E-state index contributed by atoms with van der Waals surface area (Å²) in [5.41, 5.74) is 4.28. The minimum atomic E-state index is -0.547. The fraction of sp³-hybridized carbons (Fsp3) is 0.325. The van der Waals surface area contributed by atoms with Crippen LogP contribution in [0.25, 0.3) is 0 Å². The van der Waals surface area contributed by atoms with Gasteiger partial charge in [0.2, 0.25) is 0 Å². The van der Waals surface area contributed by atoms with Crippen LogP contribution in [0.15, 0.2) is 107 Å². The molecule has 0 saturated heterocycles. The quantitative estimate of drug-likeness (QED) is 0.0478. The summed E-state index contributed by atoms with van der Waals surface area (Å²) < 4.78 is 21.8. The largest absolute Gasteiger partial charge is 0.465 e. The third-order valence-electron chi connectivity index (χ3n) is 8.13. The van der Waals surface area contributed by atoms with Crippen LogP contribution in [0.3, 0.4) is 0 Å².